The summed E-state index contributed by atoms with van der Waals surface area (Å²) in [6.45, 7) is 0.658. The van der Waals surface area contributed by atoms with Gasteiger partial charge in [0.1, 0.15) is 5.02 Å². The maximum atomic E-state index is 12.7. The van der Waals surface area contributed by atoms with Crippen molar-refractivity contribution in [3.8, 4) is 5.69 Å². The van der Waals surface area contributed by atoms with Crippen LogP contribution in [0.4, 0.5) is 5.69 Å². The summed E-state index contributed by atoms with van der Waals surface area (Å²) in [4.78, 5) is 16.7. The lowest BCUT2D eigenvalue weighted by molar-refractivity contribution is 0.721. The average Bonchev–Trinajstić information content (AvgIpc) is 3.27. The van der Waals surface area contributed by atoms with Gasteiger partial charge in [-0.15, -0.1) is 0 Å². The van der Waals surface area contributed by atoms with Crippen LogP contribution in [-0.2, 0) is 6.42 Å². The first-order valence-electron chi connectivity index (χ1n) is 9.73. The summed E-state index contributed by atoms with van der Waals surface area (Å²) in [5, 5.41) is 7.67. The van der Waals surface area contributed by atoms with E-state index in [2.05, 4.69) is 27.5 Å². The lowest BCUT2D eigenvalue weighted by atomic mass is 9.98. The molecule has 3 aromatic rings. The summed E-state index contributed by atoms with van der Waals surface area (Å²) >= 11 is 6.32. The quantitative estimate of drug-likeness (QED) is 0.664. The minimum atomic E-state index is -0.316. The molecule has 144 valence electrons. The molecule has 0 spiro atoms. The number of hydrogen-bond donors (Lipinski definition) is 1. The highest BCUT2D eigenvalue weighted by molar-refractivity contribution is 6.32. The van der Waals surface area contributed by atoms with Crippen molar-refractivity contribution in [2.24, 2.45) is 0 Å². The Morgan fingerprint density at radius 3 is 2.50 bits per heavy atom. The highest BCUT2D eigenvalue weighted by atomic mass is 35.5. The summed E-state index contributed by atoms with van der Waals surface area (Å²) in [5.41, 5.74) is 3.48. The number of benzene rings is 1. The molecule has 0 aliphatic heterocycles. The maximum absolute atomic E-state index is 12.7. The molecule has 1 N–H and O–H groups in total. The molecule has 1 fully saturated rings. The highest BCUT2D eigenvalue weighted by Crippen LogP contribution is 2.34. The molecule has 0 amide bonds. The normalized spacial score (nSPS) is 14.3. The van der Waals surface area contributed by atoms with Crippen LogP contribution in [0.2, 0.25) is 5.02 Å². The van der Waals surface area contributed by atoms with Gasteiger partial charge >= 0.3 is 0 Å². The molecule has 0 atom stereocenters. The minimum Gasteiger partial charge on any atom is -0.382 e. The van der Waals surface area contributed by atoms with E-state index in [4.69, 9.17) is 11.6 Å². The van der Waals surface area contributed by atoms with Crippen LogP contribution in [0.25, 0.3) is 5.69 Å². The van der Waals surface area contributed by atoms with Crippen LogP contribution in [0.3, 0.4) is 0 Å². The topological polar surface area (TPSA) is 59.8 Å². The van der Waals surface area contributed by atoms with Crippen molar-refractivity contribution < 1.29 is 0 Å². The second-order valence-electron chi connectivity index (χ2n) is 7.19. The van der Waals surface area contributed by atoms with E-state index < -0.39 is 0 Å². The molecular formula is C22H23ClN4O. The monoisotopic (exact) mass is 394 g/mol. The molecule has 4 rings (SSSR count). The average molecular weight is 395 g/mol. The Labute approximate surface area is 169 Å². The van der Waals surface area contributed by atoms with Crippen LogP contribution < -0.4 is 10.9 Å². The van der Waals surface area contributed by atoms with E-state index in [0.29, 0.717) is 18.2 Å². The zero-order valence-electron chi connectivity index (χ0n) is 15.6. The molecule has 5 nitrogen and oxygen atoms in total. The van der Waals surface area contributed by atoms with E-state index >= 15 is 0 Å². The fourth-order valence-corrected chi connectivity index (χ4v) is 3.97. The predicted octanol–water partition coefficient (Wildman–Crippen LogP) is 4.59. The van der Waals surface area contributed by atoms with Gasteiger partial charge in [-0.1, -0.05) is 36.6 Å². The zero-order valence-corrected chi connectivity index (χ0v) is 16.4. The van der Waals surface area contributed by atoms with Gasteiger partial charge in [0, 0.05) is 18.9 Å². The Balaban J connectivity index is 1.47. The fraction of sp³-hybridized carbons (Fsp3) is 0.318. The van der Waals surface area contributed by atoms with E-state index in [0.717, 1.165) is 12.1 Å². The summed E-state index contributed by atoms with van der Waals surface area (Å²) < 4.78 is 1.36. The van der Waals surface area contributed by atoms with E-state index in [1.807, 2.05) is 24.3 Å². The molecule has 0 saturated heterocycles. The first-order valence-corrected chi connectivity index (χ1v) is 10.1. The first kappa shape index (κ1) is 18.7. The highest BCUT2D eigenvalue weighted by Gasteiger charge is 2.17. The third-order valence-corrected chi connectivity index (χ3v) is 5.73. The van der Waals surface area contributed by atoms with Gasteiger partial charge in [0.2, 0.25) is 0 Å². The first-order chi connectivity index (χ1) is 13.7. The van der Waals surface area contributed by atoms with Crippen molar-refractivity contribution in [2.45, 2.75) is 38.0 Å². The van der Waals surface area contributed by atoms with E-state index in [1.165, 1.54) is 41.5 Å². The molecule has 1 aromatic carbocycles. The number of pyridine rings is 1. The summed E-state index contributed by atoms with van der Waals surface area (Å²) in [5.74, 6) is 0.647. The SMILES string of the molecule is O=c1c(Cl)c(NCCc2ccncc2)cnn1-c1ccc(C2CCCC2)cc1. The number of halogens is 1. The predicted molar refractivity (Wildman–Crippen MR) is 112 cm³/mol. The standard InChI is InChI=1S/C22H23ClN4O/c23-21-20(25-14-11-16-9-12-24-13-10-16)15-26-27(22(21)28)19-7-5-18(6-8-19)17-3-1-2-4-17/h5-10,12-13,15,17,25H,1-4,11,14H2. The third kappa shape index (κ3) is 4.09. The van der Waals surface area contributed by atoms with Gasteiger partial charge in [-0.05, 0) is 60.6 Å². The summed E-state index contributed by atoms with van der Waals surface area (Å²) in [6.07, 6.45) is 11.1. The van der Waals surface area contributed by atoms with Crippen molar-refractivity contribution in [1.29, 1.82) is 0 Å². The van der Waals surface area contributed by atoms with Crippen molar-refractivity contribution in [2.75, 3.05) is 11.9 Å². The Bertz CT molecular complexity index is 980. The molecule has 0 unspecified atom stereocenters. The van der Waals surface area contributed by atoms with Gasteiger partial charge in [-0.3, -0.25) is 9.78 Å². The van der Waals surface area contributed by atoms with Gasteiger partial charge in [0.05, 0.1) is 17.6 Å². The fourth-order valence-electron chi connectivity index (χ4n) is 3.78. The lowest BCUT2D eigenvalue weighted by Gasteiger charge is -2.12. The van der Waals surface area contributed by atoms with E-state index in [-0.39, 0.29) is 10.6 Å². The molecule has 6 heteroatoms. The van der Waals surface area contributed by atoms with Crippen LogP contribution in [0.15, 0.2) is 59.8 Å². The van der Waals surface area contributed by atoms with Crippen LogP contribution in [-0.4, -0.2) is 21.3 Å². The Hall–Kier alpha value is -2.66. The molecular weight excluding hydrogens is 372 g/mol. The van der Waals surface area contributed by atoms with Crippen molar-refractivity contribution in [3.63, 3.8) is 0 Å². The van der Waals surface area contributed by atoms with Crippen LogP contribution in [0.5, 0.6) is 0 Å². The number of rotatable bonds is 6. The number of anilines is 1. The summed E-state index contributed by atoms with van der Waals surface area (Å²) in [7, 11) is 0. The maximum Gasteiger partial charge on any atom is 0.292 e. The van der Waals surface area contributed by atoms with Gasteiger partial charge in [-0.2, -0.15) is 9.78 Å². The Morgan fingerprint density at radius 1 is 1.07 bits per heavy atom. The summed E-state index contributed by atoms with van der Waals surface area (Å²) in [6, 6.07) is 12.1. The molecule has 2 aromatic heterocycles. The molecule has 0 bridgehead atoms. The molecule has 0 radical (unpaired) electrons. The van der Waals surface area contributed by atoms with E-state index in [9.17, 15) is 4.79 Å². The second kappa shape index (κ2) is 8.57. The Kier molecular flexibility index (Phi) is 5.72. The lowest BCUT2D eigenvalue weighted by Crippen LogP contribution is -2.23. The number of aromatic nitrogens is 3. The van der Waals surface area contributed by atoms with Crippen molar-refractivity contribution in [1.82, 2.24) is 14.8 Å². The number of nitrogens with one attached hydrogen (secondary N) is 1. The number of hydrogen-bond acceptors (Lipinski definition) is 4. The second-order valence-corrected chi connectivity index (χ2v) is 7.57. The minimum absolute atomic E-state index is 0.157. The van der Waals surface area contributed by atoms with Crippen LogP contribution in [0.1, 0.15) is 42.7 Å². The van der Waals surface area contributed by atoms with Crippen molar-refractivity contribution >= 4 is 17.3 Å². The van der Waals surface area contributed by atoms with Crippen LogP contribution in [0, 0.1) is 0 Å². The van der Waals surface area contributed by atoms with Gasteiger partial charge in [-0.25, -0.2) is 0 Å². The smallest absolute Gasteiger partial charge is 0.292 e. The largest absolute Gasteiger partial charge is 0.382 e. The number of nitrogens with zero attached hydrogens (tertiary/aromatic N) is 3. The molecule has 1 saturated carbocycles. The van der Waals surface area contributed by atoms with Crippen molar-refractivity contribution in [3.05, 3.63) is 81.5 Å². The molecule has 2 heterocycles. The van der Waals surface area contributed by atoms with Gasteiger partial charge < -0.3 is 5.32 Å². The van der Waals surface area contributed by atoms with E-state index in [1.54, 1.807) is 18.6 Å². The van der Waals surface area contributed by atoms with Gasteiger partial charge in [0.15, 0.2) is 0 Å². The zero-order chi connectivity index (χ0) is 19.3. The third-order valence-electron chi connectivity index (χ3n) is 5.36. The van der Waals surface area contributed by atoms with Gasteiger partial charge in [0.25, 0.3) is 5.56 Å². The van der Waals surface area contributed by atoms with Crippen LogP contribution >= 0.6 is 11.6 Å². The molecule has 28 heavy (non-hydrogen) atoms. The Morgan fingerprint density at radius 2 is 1.79 bits per heavy atom. The molecule has 1 aliphatic rings. The molecule has 1 aliphatic carbocycles.